The molecule has 3 heteroatoms. The van der Waals surface area contributed by atoms with Gasteiger partial charge in [0.25, 0.3) is 0 Å². The number of carbonyl (C=O) groups excluding carboxylic acids is 1. The molecule has 1 N–H and O–H groups in total. The van der Waals surface area contributed by atoms with Crippen LogP contribution in [0.5, 0.6) is 0 Å². The van der Waals surface area contributed by atoms with E-state index in [9.17, 15) is 4.79 Å². The van der Waals surface area contributed by atoms with Crippen LogP contribution in [0.3, 0.4) is 0 Å². The van der Waals surface area contributed by atoms with E-state index in [1.807, 2.05) is 31.7 Å². The van der Waals surface area contributed by atoms with Gasteiger partial charge in [0.2, 0.25) is 5.91 Å². The second kappa shape index (κ2) is 5.96. The summed E-state index contributed by atoms with van der Waals surface area (Å²) in [7, 11) is 0. The zero-order valence-corrected chi connectivity index (χ0v) is 13.1. The molecule has 1 atom stereocenters. The number of amides is 1. The van der Waals surface area contributed by atoms with Crippen molar-refractivity contribution >= 4 is 11.6 Å². The molecule has 110 valence electrons. The van der Waals surface area contributed by atoms with E-state index < -0.39 is 0 Å². The highest BCUT2D eigenvalue weighted by atomic mass is 16.2. The normalized spacial score (nSPS) is 19.4. The monoisotopic (exact) mass is 274 g/mol. The van der Waals surface area contributed by atoms with Gasteiger partial charge < -0.3 is 10.2 Å². The summed E-state index contributed by atoms with van der Waals surface area (Å²) in [6.07, 6.45) is 2.12. The fourth-order valence-corrected chi connectivity index (χ4v) is 2.83. The van der Waals surface area contributed by atoms with Crippen molar-refractivity contribution in [2.75, 3.05) is 18.0 Å². The predicted octanol–water partition coefficient (Wildman–Crippen LogP) is 3.51. The number of carbonyl (C=O) groups is 1. The average molecular weight is 274 g/mol. The molecule has 1 unspecified atom stereocenters. The van der Waals surface area contributed by atoms with Gasteiger partial charge in [0, 0.05) is 23.7 Å². The Kier molecular flexibility index (Phi) is 4.48. The van der Waals surface area contributed by atoms with Gasteiger partial charge in [-0.2, -0.15) is 0 Å². The zero-order chi connectivity index (χ0) is 14.8. The topological polar surface area (TPSA) is 32.3 Å². The SMILES string of the molecule is CCNC1CCCN(C(=O)C(C)(C)C)c2ccccc21. The minimum atomic E-state index is -0.342. The molecule has 0 spiro atoms. The standard InChI is InChI=1S/C17H26N2O/c1-5-18-14-10-8-12-19(16(20)17(2,3)4)15-11-7-6-9-13(14)15/h6-7,9,11,14,18H,5,8,10,12H2,1-4H3. The quantitative estimate of drug-likeness (QED) is 0.895. The van der Waals surface area contributed by atoms with Crippen LogP contribution in [0.4, 0.5) is 5.69 Å². The van der Waals surface area contributed by atoms with Gasteiger partial charge >= 0.3 is 0 Å². The Bertz CT molecular complexity index is 476. The zero-order valence-electron chi connectivity index (χ0n) is 13.1. The molecule has 1 aromatic carbocycles. The van der Waals surface area contributed by atoms with Gasteiger partial charge in [-0.1, -0.05) is 45.9 Å². The first-order chi connectivity index (χ1) is 9.45. The van der Waals surface area contributed by atoms with Gasteiger partial charge in [0.1, 0.15) is 0 Å². The fraction of sp³-hybridized carbons (Fsp3) is 0.588. The summed E-state index contributed by atoms with van der Waals surface area (Å²) in [5, 5.41) is 3.54. The number of fused-ring (bicyclic) bond motifs is 1. The van der Waals surface area contributed by atoms with Crippen molar-refractivity contribution in [3.05, 3.63) is 29.8 Å². The highest BCUT2D eigenvalue weighted by Crippen LogP contribution is 2.34. The maximum absolute atomic E-state index is 12.7. The molecule has 1 aliphatic rings. The third-order valence-corrected chi connectivity index (χ3v) is 3.81. The Morgan fingerprint density at radius 2 is 2.05 bits per heavy atom. The molecule has 0 saturated heterocycles. The number of nitrogens with one attached hydrogen (secondary N) is 1. The fourth-order valence-electron chi connectivity index (χ4n) is 2.83. The van der Waals surface area contributed by atoms with E-state index in [0.717, 1.165) is 31.6 Å². The molecule has 0 saturated carbocycles. The Morgan fingerprint density at radius 1 is 1.35 bits per heavy atom. The van der Waals surface area contributed by atoms with Gasteiger partial charge in [0.15, 0.2) is 0 Å². The van der Waals surface area contributed by atoms with E-state index in [1.165, 1.54) is 5.56 Å². The highest BCUT2D eigenvalue weighted by molar-refractivity contribution is 5.97. The van der Waals surface area contributed by atoms with Crippen molar-refractivity contribution in [2.45, 2.75) is 46.6 Å². The summed E-state index contributed by atoms with van der Waals surface area (Å²) in [5.74, 6) is 0.210. The maximum Gasteiger partial charge on any atom is 0.232 e. The van der Waals surface area contributed by atoms with Crippen molar-refractivity contribution in [1.29, 1.82) is 0 Å². The first-order valence-corrected chi connectivity index (χ1v) is 7.59. The van der Waals surface area contributed by atoms with Crippen LogP contribution in [0.1, 0.15) is 52.1 Å². The van der Waals surface area contributed by atoms with E-state index in [0.29, 0.717) is 6.04 Å². The lowest BCUT2D eigenvalue weighted by Gasteiger charge is -2.30. The largest absolute Gasteiger partial charge is 0.312 e. The second-order valence-electron chi connectivity index (χ2n) is 6.52. The van der Waals surface area contributed by atoms with Gasteiger partial charge in [-0.05, 0) is 31.0 Å². The van der Waals surface area contributed by atoms with Gasteiger partial charge in [-0.15, -0.1) is 0 Å². The molecule has 1 amide bonds. The van der Waals surface area contributed by atoms with Crippen molar-refractivity contribution < 1.29 is 4.79 Å². The number of para-hydroxylation sites is 1. The number of benzene rings is 1. The summed E-state index contributed by atoms with van der Waals surface area (Å²) in [6.45, 7) is 9.87. The molecule has 0 radical (unpaired) electrons. The molecule has 20 heavy (non-hydrogen) atoms. The molecule has 0 bridgehead atoms. The third kappa shape index (κ3) is 3.04. The molecule has 0 fully saturated rings. The molecule has 0 aliphatic carbocycles. The van der Waals surface area contributed by atoms with Crippen LogP contribution in [-0.2, 0) is 4.79 Å². The molecule has 1 aliphatic heterocycles. The number of hydrogen-bond donors (Lipinski definition) is 1. The van der Waals surface area contributed by atoms with Crippen LogP contribution in [0.25, 0.3) is 0 Å². The van der Waals surface area contributed by atoms with E-state index in [-0.39, 0.29) is 11.3 Å². The molecule has 3 nitrogen and oxygen atoms in total. The highest BCUT2D eigenvalue weighted by Gasteiger charge is 2.31. The number of nitrogens with zero attached hydrogens (tertiary/aromatic N) is 1. The summed E-state index contributed by atoms with van der Waals surface area (Å²) < 4.78 is 0. The van der Waals surface area contributed by atoms with Crippen LogP contribution in [0, 0.1) is 5.41 Å². The van der Waals surface area contributed by atoms with Crippen LogP contribution < -0.4 is 10.2 Å². The summed E-state index contributed by atoms with van der Waals surface area (Å²) >= 11 is 0. The molecule has 2 rings (SSSR count). The van der Waals surface area contributed by atoms with Crippen molar-refractivity contribution in [2.24, 2.45) is 5.41 Å². The minimum Gasteiger partial charge on any atom is -0.312 e. The third-order valence-electron chi connectivity index (χ3n) is 3.81. The lowest BCUT2D eigenvalue weighted by atomic mass is 9.94. The van der Waals surface area contributed by atoms with Crippen molar-refractivity contribution in [3.8, 4) is 0 Å². The van der Waals surface area contributed by atoms with Gasteiger partial charge in [-0.3, -0.25) is 4.79 Å². The molecule has 0 aromatic heterocycles. The predicted molar refractivity (Wildman–Crippen MR) is 83.9 cm³/mol. The summed E-state index contributed by atoms with van der Waals surface area (Å²) in [4.78, 5) is 14.7. The Hall–Kier alpha value is -1.35. The first kappa shape index (κ1) is 15.0. The van der Waals surface area contributed by atoms with Crippen molar-refractivity contribution in [1.82, 2.24) is 5.32 Å². The minimum absolute atomic E-state index is 0.210. The van der Waals surface area contributed by atoms with Crippen LogP contribution in [0.2, 0.25) is 0 Å². The molecule has 1 aromatic rings. The van der Waals surface area contributed by atoms with E-state index >= 15 is 0 Å². The van der Waals surface area contributed by atoms with E-state index in [1.54, 1.807) is 0 Å². The number of anilines is 1. The molecule has 1 heterocycles. The van der Waals surface area contributed by atoms with Gasteiger partial charge in [0.05, 0.1) is 0 Å². The second-order valence-corrected chi connectivity index (χ2v) is 6.52. The first-order valence-electron chi connectivity index (χ1n) is 7.59. The van der Waals surface area contributed by atoms with Crippen molar-refractivity contribution in [3.63, 3.8) is 0 Å². The Labute approximate surface area is 122 Å². The van der Waals surface area contributed by atoms with E-state index in [4.69, 9.17) is 0 Å². The molecular formula is C17H26N2O. The van der Waals surface area contributed by atoms with Crippen LogP contribution in [-0.4, -0.2) is 19.0 Å². The summed E-state index contributed by atoms with van der Waals surface area (Å²) in [6, 6.07) is 8.67. The lowest BCUT2D eigenvalue weighted by Crippen LogP contribution is -2.40. The Balaban J connectivity index is 2.41. The number of rotatable bonds is 2. The van der Waals surface area contributed by atoms with E-state index in [2.05, 4.69) is 30.4 Å². The summed E-state index contributed by atoms with van der Waals surface area (Å²) in [5.41, 5.74) is 1.99. The van der Waals surface area contributed by atoms with Crippen LogP contribution >= 0.6 is 0 Å². The number of hydrogen-bond acceptors (Lipinski definition) is 2. The Morgan fingerprint density at radius 3 is 2.70 bits per heavy atom. The smallest absolute Gasteiger partial charge is 0.232 e. The lowest BCUT2D eigenvalue weighted by molar-refractivity contribution is -0.125. The average Bonchev–Trinajstić information content (AvgIpc) is 2.58. The molecular weight excluding hydrogens is 248 g/mol. The van der Waals surface area contributed by atoms with Gasteiger partial charge in [-0.25, -0.2) is 0 Å². The maximum atomic E-state index is 12.7. The van der Waals surface area contributed by atoms with Crippen LogP contribution in [0.15, 0.2) is 24.3 Å².